The van der Waals surface area contributed by atoms with Crippen LogP contribution in [0.4, 0.5) is 5.00 Å². The van der Waals surface area contributed by atoms with E-state index in [2.05, 4.69) is 5.32 Å². The smallest absolute Gasteiger partial charge is 0.349 e. The van der Waals surface area contributed by atoms with Crippen LogP contribution in [0.15, 0.2) is 6.07 Å². The Morgan fingerprint density at radius 1 is 1.31 bits per heavy atom. The maximum absolute atomic E-state index is 12.3. The van der Waals surface area contributed by atoms with E-state index in [1.54, 1.807) is 17.9 Å². The molecular formula is C19H28N2O4S. The number of carbonyl (C=O) groups excluding carboxylic acids is 3. The third-order valence-electron chi connectivity index (χ3n) is 4.47. The van der Waals surface area contributed by atoms with Crippen molar-refractivity contribution in [2.24, 2.45) is 5.41 Å². The Balaban J connectivity index is 1.95. The number of ether oxygens (including phenoxy) is 1. The normalized spacial score (nSPS) is 17.7. The van der Waals surface area contributed by atoms with E-state index in [1.165, 1.54) is 11.3 Å². The van der Waals surface area contributed by atoms with E-state index in [0.29, 0.717) is 9.88 Å². The predicted molar refractivity (Wildman–Crippen MR) is 102 cm³/mol. The van der Waals surface area contributed by atoms with E-state index in [9.17, 15) is 14.4 Å². The molecule has 0 saturated carbocycles. The van der Waals surface area contributed by atoms with Gasteiger partial charge in [0.25, 0.3) is 5.91 Å². The maximum atomic E-state index is 12.3. The van der Waals surface area contributed by atoms with Gasteiger partial charge in [0.05, 0.1) is 5.00 Å². The van der Waals surface area contributed by atoms with Crippen molar-refractivity contribution in [1.29, 1.82) is 0 Å². The molecule has 2 amide bonds. The topological polar surface area (TPSA) is 75.7 Å². The van der Waals surface area contributed by atoms with Gasteiger partial charge < -0.3 is 15.0 Å². The molecule has 2 rings (SSSR count). The molecule has 0 spiro atoms. The van der Waals surface area contributed by atoms with Gasteiger partial charge in [0, 0.05) is 18.0 Å². The summed E-state index contributed by atoms with van der Waals surface area (Å²) < 4.78 is 5.23. The summed E-state index contributed by atoms with van der Waals surface area (Å²) in [5, 5.41) is 3.42. The molecule has 0 bridgehead atoms. The van der Waals surface area contributed by atoms with E-state index in [1.807, 2.05) is 27.7 Å². The van der Waals surface area contributed by atoms with Crippen molar-refractivity contribution in [2.45, 2.75) is 59.9 Å². The lowest BCUT2D eigenvalue weighted by atomic mass is 9.96. The summed E-state index contributed by atoms with van der Waals surface area (Å²) >= 11 is 1.17. The molecule has 1 saturated heterocycles. The van der Waals surface area contributed by atoms with E-state index in [0.717, 1.165) is 31.4 Å². The van der Waals surface area contributed by atoms with E-state index >= 15 is 0 Å². The second-order valence-electron chi connectivity index (χ2n) is 7.83. The van der Waals surface area contributed by atoms with E-state index in [4.69, 9.17) is 4.74 Å². The van der Waals surface area contributed by atoms with Crippen LogP contribution in [-0.2, 0) is 14.3 Å². The molecule has 0 aliphatic carbocycles. The lowest BCUT2D eigenvalue weighted by Crippen LogP contribution is -2.44. The largest absolute Gasteiger partial charge is 0.451 e. The van der Waals surface area contributed by atoms with Crippen LogP contribution < -0.4 is 5.32 Å². The minimum Gasteiger partial charge on any atom is -0.451 e. The van der Waals surface area contributed by atoms with Crippen LogP contribution in [0.25, 0.3) is 0 Å². The molecule has 1 aromatic rings. The first kappa shape index (κ1) is 20.4. The number of nitrogens with one attached hydrogen (secondary N) is 1. The Bertz CT molecular complexity index is 690. The van der Waals surface area contributed by atoms with Crippen molar-refractivity contribution < 1.29 is 19.1 Å². The van der Waals surface area contributed by atoms with Crippen LogP contribution in [0, 0.1) is 12.3 Å². The van der Waals surface area contributed by atoms with Crippen LogP contribution >= 0.6 is 11.3 Å². The number of nitrogens with zero attached hydrogens (tertiary/aromatic N) is 1. The number of amides is 2. The average Bonchev–Trinajstić information content (AvgIpc) is 2.92. The Labute approximate surface area is 158 Å². The number of esters is 1. The molecule has 1 aromatic heterocycles. The lowest BCUT2D eigenvalue weighted by Gasteiger charge is -2.33. The van der Waals surface area contributed by atoms with Gasteiger partial charge in [0.2, 0.25) is 5.91 Å². The van der Waals surface area contributed by atoms with Crippen molar-refractivity contribution in [3.8, 4) is 0 Å². The van der Waals surface area contributed by atoms with Crippen molar-refractivity contribution in [2.75, 3.05) is 18.5 Å². The van der Waals surface area contributed by atoms with Crippen LogP contribution in [0.2, 0.25) is 0 Å². The third kappa shape index (κ3) is 5.06. The minimum atomic E-state index is -0.526. The summed E-state index contributed by atoms with van der Waals surface area (Å²) in [6.07, 6.45) is 3.10. The maximum Gasteiger partial charge on any atom is 0.349 e. The van der Waals surface area contributed by atoms with Crippen molar-refractivity contribution >= 4 is 34.1 Å². The Morgan fingerprint density at radius 3 is 2.62 bits per heavy atom. The van der Waals surface area contributed by atoms with Crippen molar-refractivity contribution in [3.63, 3.8) is 0 Å². The number of rotatable bonds is 4. The Kier molecular flexibility index (Phi) is 6.44. The zero-order valence-corrected chi connectivity index (χ0v) is 17.0. The Hall–Kier alpha value is -1.89. The van der Waals surface area contributed by atoms with E-state index < -0.39 is 11.4 Å². The summed E-state index contributed by atoms with van der Waals surface area (Å²) in [6, 6.07) is 1.94. The molecular weight excluding hydrogens is 352 g/mol. The molecule has 1 atom stereocenters. The predicted octanol–water partition coefficient (Wildman–Crippen LogP) is 3.60. The van der Waals surface area contributed by atoms with E-state index in [-0.39, 0.29) is 24.5 Å². The fourth-order valence-corrected chi connectivity index (χ4v) is 3.75. The molecule has 6 nitrogen and oxygen atoms in total. The number of aryl methyl sites for hydroxylation is 1. The summed E-state index contributed by atoms with van der Waals surface area (Å²) in [7, 11) is 0. The van der Waals surface area contributed by atoms with Gasteiger partial charge in [0.1, 0.15) is 4.88 Å². The van der Waals surface area contributed by atoms with Crippen LogP contribution in [0.5, 0.6) is 0 Å². The summed E-state index contributed by atoms with van der Waals surface area (Å²) in [5.41, 5.74) is 0.207. The number of likely N-dealkylation sites (tertiary alicyclic amines) is 1. The fraction of sp³-hybridized carbons (Fsp3) is 0.632. The summed E-state index contributed by atoms with van der Waals surface area (Å²) in [5.74, 6) is -0.796. The molecule has 0 aromatic carbocycles. The first-order valence-corrected chi connectivity index (χ1v) is 9.79. The molecule has 1 fully saturated rings. The summed E-state index contributed by atoms with van der Waals surface area (Å²) in [4.78, 5) is 38.9. The average molecular weight is 381 g/mol. The van der Waals surface area contributed by atoms with Gasteiger partial charge in [-0.25, -0.2) is 4.79 Å². The van der Waals surface area contributed by atoms with Crippen LogP contribution in [0.3, 0.4) is 0 Å². The van der Waals surface area contributed by atoms with Crippen LogP contribution in [0.1, 0.15) is 62.2 Å². The molecule has 7 heteroatoms. The molecule has 1 aliphatic heterocycles. The monoisotopic (exact) mass is 380 g/mol. The molecule has 0 radical (unpaired) electrons. The third-order valence-corrected chi connectivity index (χ3v) is 5.60. The molecule has 1 aliphatic rings. The molecule has 1 N–H and O–H groups in total. The van der Waals surface area contributed by atoms with Crippen molar-refractivity contribution in [3.05, 3.63) is 16.5 Å². The van der Waals surface area contributed by atoms with Gasteiger partial charge >= 0.3 is 5.97 Å². The first-order chi connectivity index (χ1) is 12.1. The van der Waals surface area contributed by atoms with Crippen molar-refractivity contribution in [1.82, 2.24) is 4.90 Å². The Morgan fingerprint density at radius 2 is 2.00 bits per heavy atom. The lowest BCUT2D eigenvalue weighted by molar-refractivity contribution is -0.137. The highest BCUT2D eigenvalue weighted by atomic mass is 32.1. The molecule has 2 heterocycles. The number of piperidine rings is 1. The quantitative estimate of drug-likeness (QED) is 0.810. The first-order valence-electron chi connectivity index (χ1n) is 8.98. The number of anilines is 1. The molecule has 144 valence electrons. The van der Waals surface area contributed by atoms with Gasteiger partial charge in [-0.15, -0.1) is 11.3 Å². The van der Waals surface area contributed by atoms with Crippen LogP contribution in [-0.4, -0.2) is 41.9 Å². The number of hydrogen-bond acceptors (Lipinski definition) is 5. The number of hydrogen-bond donors (Lipinski definition) is 1. The second-order valence-corrected chi connectivity index (χ2v) is 8.89. The highest BCUT2D eigenvalue weighted by Gasteiger charge is 2.26. The summed E-state index contributed by atoms with van der Waals surface area (Å²) in [6.45, 7) is 9.76. The van der Waals surface area contributed by atoms with Gasteiger partial charge in [-0.05, 0) is 44.7 Å². The zero-order valence-electron chi connectivity index (χ0n) is 16.2. The van der Waals surface area contributed by atoms with Gasteiger partial charge in [0.15, 0.2) is 6.61 Å². The van der Waals surface area contributed by atoms with Gasteiger partial charge in [-0.3, -0.25) is 9.59 Å². The highest BCUT2D eigenvalue weighted by Crippen LogP contribution is 2.29. The van der Waals surface area contributed by atoms with Gasteiger partial charge in [-0.2, -0.15) is 0 Å². The van der Waals surface area contributed by atoms with Gasteiger partial charge in [-0.1, -0.05) is 20.8 Å². The zero-order chi connectivity index (χ0) is 19.5. The highest BCUT2D eigenvalue weighted by molar-refractivity contribution is 7.18. The molecule has 26 heavy (non-hydrogen) atoms. The SMILES string of the molecule is Cc1cc(NC(=O)C(C)(C)C)sc1C(=O)OCC(=O)N1CCCCC1C. The standard InChI is InChI=1S/C19H28N2O4S/c1-12-10-14(20-18(24)19(3,4)5)26-16(12)17(23)25-11-15(22)21-9-7-6-8-13(21)2/h10,13H,6-9,11H2,1-5H3,(H,20,24). The minimum absolute atomic E-state index is 0.118. The number of carbonyl (C=O) groups is 3. The second kappa shape index (κ2) is 8.20. The fourth-order valence-electron chi connectivity index (χ4n) is 2.79. The molecule has 1 unspecified atom stereocenters. The number of thiophene rings is 1.